The summed E-state index contributed by atoms with van der Waals surface area (Å²) in [5, 5.41) is 14.0. The number of urea groups is 1. The van der Waals surface area contributed by atoms with Crippen LogP contribution < -0.4 is 15.4 Å². The van der Waals surface area contributed by atoms with E-state index in [4.69, 9.17) is 10.00 Å². The van der Waals surface area contributed by atoms with Crippen molar-refractivity contribution in [2.75, 3.05) is 26.7 Å². The van der Waals surface area contributed by atoms with Crippen LogP contribution in [0.2, 0.25) is 0 Å². The van der Waals surface area contributed by atoms with Gasteiger partial charge in [0.2, 0.25) is 5.91 Å². The average Bonchev–Trinajstić information content (AvgIpc) is 2.71. The summed E-state index contributed by atoms with van der Waals surface area (Å²) in [4.78, 5) is 26.8. The first-order chi connectivity index (χ1) is 13.8. The highest BCUT2D eigenvalue weighted by Crippen LogP contribution is 2.30. The Morgan fingerprint density at radius 2 is 2.17 bits per heavy atom. The summed E-state index contributed by atoms with van der Waals surface area (Å²) in [6.07, 6.45) is 2.18. The van der Waals surface area contributed by atoms with Crippen LogP contribution in [0.3, 0.4) is 0 Å². The zero-order valence-electron chi connectivity index (χ0n) is 17.2. The van der Waals surface area contributed by atoms with Gasteiger partial charge in [0.05, 0.1) is 13.2 Å². The summed E-state index contributed by atoms with van der Waals surface area (Å²) in [6, 6.07) is 5.65. The van der Waals surface area contributed by atoms with Crippen LogP contribution in [0, 0.1) is 23.1 Å². The standard InChI is InChI=1S/C21H29FN4O3/c1-14(2)11-18(20(27)24-9-8-23)25-21(28)26-10-4-5-16(13-26)15-6-7-17(22)19(12-15)29-3/h6-7,12,14,16,18H,4-5,9-11,13H2,1-3H3,(H,24,27)(H,25,28). The lowest BCUT2D eigenvalue weighted by atomic mass is 9.90. The number of piperidine rings is 1. The SMILES string of the molecule is COc1cc(C2CCCN(C(=O)NC(CC(C)C)C(=O)NCC#N)C2)ccc1F. The molecule has 2 rings (SSSR count). The second-order valence-electron chi connectivity index (χ2n) is 7.69. The summed E-state index contributed by atoms with van der Waals surface area (Å²) in [6.45, 7) is 4.91. The minimum atomic E-state index is -0.692. The van der Waals surface area contributed by atoms with Gasteiger partial charge < -0.3 is 20.3 Å². The van der Waals surface area contributed by atoms with Crippen LogP contribution in [0.25, 0.3) is 0 Å². The summed E-state index contributed by atoms with van der Waals surface area (Å²) in [5.41, 5.74) is 0.922. The van der Waals surface area contributed by atoms with Crippen LogP contribution in [0.15, 0.2) is 18.2 Å². The number of nitriles is 1. The van der Waals surface area contributed by atoms with Crippen molar-refractivity contribution in [2.45, 2.75) is 45.1 Å². The fraction of sp³-hybridized carbons (Fsp3) is 0.571. The van der Waals surface area contributed by atoms with Gasteiger partial charge in [-0.05, 0) is 42.9 Å². The molecule has 1 aromatic carbocycles. The highest BCUT2D eigenvalue weighted by molar-refractivity contribution is 5.87. The Labute approximate surface area is 171 Å². The number of hydrogen-bond donors (Lipinski definition) is 2. The summed E-state index contributed by atoms with van der Waals surface area (Å²) >= 11 is 0. The molecule has 8 heteroatoms. The van der Waals surface area contributed by atoms with Crippen molar-refractivity contribution >= 4 is 11.9 Å². The molecule has 0 saturated carbocycles. The van der Waals surface area contributed by atoms with Gasteiger partial charge in [-0.15, -0.1) is 0 Å². The van der Waals surface area contributed by atoms with Gasteiger partial charge >= 0.3 is 6.03 Å². The number of carbonyl (C=O) groups excluding carboxylic acids is 2. The van der Waals surface area contributed by atoms with Crippen LogP contribution in [0.1, 0.15) is 44.6 Å². The molecule has 1 aliphatic heterocycles. The van der Waals surface area contributed by atoms with Gasteiger partial charge in [0, 0.05) is 19.0 Å². The van der Waals surface area contributed by atoms with Crippen LogP contribution in [0.5, 0.6) is 5.75 Å². The Balaban J connectivity index is 2.05. The Hall–Kier alpha value is -2.82. The number of hydrogen-bond acceptors (Lipinski definition) is 4. The number of nitrogens with one attached hydrogen (secondary N) is 2. The predicted molar refractivity (Wildman–Crippen MR) is 107 cm³/mol. The van der Waals surface area contributed by atoms with Crippen molar-refractivity contribution in [3.63, 3.8) is 0 Å². The van der Waals surface area contributed by atoms with Gasteiger partial charge in [0.1, 0.15) is 12.6 Å². The molecule has 2 atom stereocenters. The third kappa shape index (κ3) is 6.34. The lowest BCUT2D eigenvalue weighted by Gasteiger charge is -2.34. The van der Waals surface area contributed by atoms with E-state index in [-0.39, 0.29) is 36.1 Å². The number of ether oxygens (including phenoxy) is 1. The predicted octanol–water partition coefficient (Wildman–Crippen LogP) is 2.78. The Morgan fingerprint density at radius 3 is 2.83 bits per heavy atom. The van der Waals surface area contributed by atoms with Gasteiger partial charge in [0.15, 0.2) is 11.6 Å². The first kappa shape index (κ1) is 22.5. The number of nitrogens with zero attached hydrogens (tertiary/aromatic N) is 2. The minimum Gasteiger partial charge on any atom is -0.494 e. The van der Waals surface area contributed by atoms with Gasteiger partial charge in [-0.1, -0.05) is 19.9 Å². The first-order valence-electron chi connectivity index (χ1n) is 9.89. The molecule has 0 radical (unpaired) electrons. The molecule has 1 heterocycles. The molecule has 1 aliphatic rings. The zero-order valence-corrected chi connectivity index (χ0v) is 17.2. The van der Waals surface area contributed by atoms with E-state index < -0.39 is 11.9 Å². The van der Waals surface area contributed by atoms with Crippen molar-refractivity contribution in [1.82, 2.24) is 15.5 Å². The molecule has 0 aliphatic carbocycles. The van der Waals surface area contributed by atoms with Crippen molar-refractivity contribution in [3.05, 3.63) is 29.6 Å². The highest BCUT2D eigenvalue weighted by Gasteiger charge is 2.29. The van der Waals surface area contributed by atoms with Crippen molar-refractivity contribution in [3.8, 4) is 11.8 Å². The minimum absolute atomic E-state index is 0.0694. The maximum absolute atomic E-state index is 13.7. The van der Waals surface area contributed by atoms with E-state index in [0.717, 1.165) is 18.4 Å². The fourth-order valence-corrected chi connectivity index (χ4v) is 3.56. The zero-order chi connectivity index (χ0) is 21.4. The van der Waals surface area contributed by atoms with Crippen LogP contribution >= 0.6 is 0 Å². The second-order valence-corrected chi connectivity index (χ2v) is 7.69. The molecule has 1 fully saturated rings. The van der Waals surface area contributed by atoms with E-state index in [1.807, 2.05) is 19.9 Å². The van der Waals surface area contributed by atoms with E-state index in [1.165, 1.54) is 13.2 Å². The van der Waals surface area contributed by atoms with E-state index in [0.29, 0.717) is 19.5 Å². The third-order valence-corrected chi connectivity index (χ3v) is 5.02. The van der Waals surface area contributed by atoms with Gasteiger partial charge in [-0.3, -0.25) is 4.79 Å². The number of methoxy groups -OCH3 is 1. The Kier molecular flexibility index (Phi) is 8.25. The number of halogens is 1. The number of likely N-dealkylation sites (tertiary alicyclic amines) is 1. The van der Waals surface area contributed by atoms with E-state index in [2.05, 4.69) is 10.6 Å². The number of amides is 3. The average molecular weight is 404 g/mol. The van der Waals surface area contributed by atoms with Crippen LogP contribution in [-0.4, -0.2) is 49.6 Å². The second kappa shape index (κ2) is 10.6. The van der Waals surface area contributed by atoms with Crippen molar-refractivity contribution in [1.29, 1.82) is 5.26 Å². The normalized spacial score (nSPS) is 17.4. The number of carbonyl (C=O) groups is 2. The first-order valence-corrected chi connectivity index (χ1v) is 9.89. The van der Waals surface area contributed by atoms with E-state index in [1.54, 1.807) is 17.0 Å². The largest absolute Gasteiger partial charge is 0.494 e. The molecule has 3 amide bonds. The highest BCUT2D eigenvalue weighted by atomic mass is 19.1. The molecule has 158 valence electrons. The van der Waals surface area contributed by atoms with E-state index >= 15 is 0 Å². The van der Waals surface area contributed by atoms with Crippen LogP contribution in [-0.2, 0) is 4.79 Å². The van der Waals surface area contributed by atoms with Gasteiger partial charge in [-0.2, -0.15) is 5.26 Å². The molecule has 0 aromatic heterocycles. The van der Waals surface area contributed by atoms with Crippen molar-refractivity contribution in [2.24, 2.45) is 5.92 Å². The van der Waals surface area contributed by atoms with E-state index in [9.17, 15) is 14.0 Å². The molecular weight excluding hydrogens is 375 g/mol. The topological polar surface area (TPSA) is 94.5 Å². The summed E-state index contributed by atoms with van der Waals surface area (Å²) in [5.74, 6) is -0.309. The molecular formula is C21H29FN4O3. The van der Waals surface area contributed by atoms with Gasteiger partial charge in [0.25, 0.3) is 0 Å². The lowest BCUT2D eigenvalue weighted by Crippen LogP contribution is -2.53. The summed E-state index contributed by atoms with van der Waals surface area (Å²) < 4.78 is 18.8. The maximum atomic E-state index is 13.7. The monoisotopic (exact) mass is 404 g/mol. The smallest absolute Gasteiger partial charge is 0.318 e. The molecule has 0 spiro atoms. The molecule has 7 nitrogen and oxygen atoms in total. The fourth-order valence-electron chi connectivity index (χ4n) is 3.56. The van der Waals surface area contributed by atoms with Crippen molar-refractivity contribution < 1.29 is 18.7 Å². The Bertz CT molecular complexity index is 763. The Morgan fingerprint density at radius 1 is 1.41 bits per heavy atom. The molecule has 2 unspecified atom stereocenters. The van der Waals surface area contributed by atoms with Crippen LogP contribution in [0.4, 0.5) is 9.18 Å². The third-order valence-electron chi connectivity index (χ3n) is 5.02. The lowest BCUT2D eigenvalue weighted by molar-refractivity contribution is -0.123. The summed E-state index contributed by atoms with van der Waals surface area (Å²) in [7, 11) is 1.43. The molecule has 2 N–H and O–H groups in total. The molecule has 0 bridgehead atoms. The quantitative estimate of drug-likeness (QED) is 0.683. The van der Waals surface area contributed by atoms with Gasteiger partial charge in [-0.25, -0.2) is 9.18 Å². The number of benzene rings is 1. The maximum Gasteiger partial charge on any atom is 0.318 e. The molecule has 29 heavy (non-hydrogen) atoms. The molecule has 1 aromatic rings. The number of rotatable bonds is 7. The molecule has 1 saturated heterocycles.